The summed E-state index contributed by atoms with van der Waals surface area (Å²) in [7, 11) is 0. The quantitative estimate of drug-likeness (QED) is 0.901. The fourth-order valence-corrected chi connectivity index (χ4v) is 2.00. The van der Waals surface area contributed by atoms with E-state index < -0.39 is 11.7 Å². The molecule has 1 aromatic heterocycles. The molecule has 110 valence electrons. The molecule has 2 N–H and O–H groups in total. The summed E-state index contributed by atoms with van der Waals surface area (Å²) >= 11 is 5.90. The van der Waals surface area contributed by atoms with Crippen LogP contribution in [0.25, 0.3) is 0 Å². The predicted molar refractivity (Wildman–Crippen MR) is 82.5 cm³/mol. The van der Waals surface area contributed by atoms with Gasteiger partial charge in [0.1, 0.15) is 0 Å². The number of hydrogen-bond acceptors (Lipinski definition) is 3. The second-order valence-electron chi connectivity index (χ2n) is 4.46. The van der Waals surface area contributed by atoms with Crippen LogP contribution in [-0.2, 0) is 0 Å². The van der Waals surface area contributed by atoms with Gasteiger partial charge in [-0.3, -0.25) is 4.79 Å². The first-order chi connectivity index (χ1) is 10.0. The number of halogens is 2. The van der Waals surface area contributed by atoms with E-state index in [1.165, 1.54) is 12.3 Å². The van der Waals surface area contributed by atoms with Gasteiger partial charge in [0.15, 0.2) is 11.6 Å². The highest BCUT2D eigenvalue weighted by Gasteiger charge is 2.16. The Morgan fingerprint density at radius 3 is 2.86 bits per heavy atom. The standard InChI is InChI=1S/C15H15ClFN3O/c1-3-18-14-13(17)11(6-7-19-14)15(21)20-12-8-10(16)5-4-9(12)2/h4-8H,3H2,1-2H3,(H,18,19)(H,20,21). The monoisotopic (exact) mass is 307 g/mol. The second-order valence-corrected chi connectivity index (χ2v) is 4.90. The zero-order valence-corrected chi connectivity index (χ0v) is 12.5. The number of amides is 1. The van der Waals surface area contributed by atoms with Gasteiger partial charge in [-0.15, -0.1) is 0 Å². The Bertz CT molecular complexity index is 676. The number of aryl methyl sites for hydroxylation is 1. The van der Waals surface area contributed by atoms with Crippen molar-refractivity contribution in [2.24, 2.45) is 0 Å². The summed E-state index contributed by atoms with van der Waals surface area (Å²) in [6, 6.07) is 6.47. The fraction of sp³-hybridized carbons (Fsp3) is 0.200. The number of benzene rings is 1. The minimum atomic E-state index is -0.670. The van der Waals surface area contributed by atoms with Gasteiger partial charge in [0.2, 0.25) is 0 Å². The van der Waals surface area contributed by atoms with E-state index in [1.807, 2.05) is 13.8 Å². The lowest BCUT2D eigenvalue weighted by Gasteiger charge is -2.11. The fourth-order valence-electron chi connectivity index (χ4n) is 1.83. The van der Waals surface area contributed by atoms with Crippen molar-refractivity contribution in [3.63, 3.8) is 0 Å². The number of aromatic nitrogens is 1. The number of nitrogens with one attached hydrogen (secondary N) is 2. The Hall–Kier alpha value is -2.14. The van der Waals surface area contributed by atoms with E-state index in [9.17, 15) is 9.18 Å². The molecule has 0 saturated heterocycles. The highest BCUT2D eigenvalue weighted by Crippen LogP contribution is 2.22. The number of pyridine rings is 1. The molecule has 1 amide bonds. The molecule has 0 aliphatic heterocycles. The van der Waals surface area contributed by atoms with Crippen LogP contribution in [0, 0.1) is 12.7 Å². The lowest BCUT2D eigenvalue weighted by atomic mass is 10.1. The molecule has 1 aromatic carbocycles. The van der Waals surface area contributed by atoms with E-state index in [2.05, 4.69) is 15.6 Å². The largest absolute Gasteiger partial charge is 0.368 e. The maximum absolute atomic E-state index is 14.2. The average molecular weight is 308 g/mol. The van der Waals surface area contributed by atoms with Crippen LogP contribution in [0.5, 0.6) is 0 Å². The van der Waals surface area contributed by atoms with E-state index in [1.54, 1.807) is 18.2 Å². The van der Waals surface area contributed by atoms with Crippen LogP contribution >= 0.6 is 11.6 Å². The van der Waals surface area contributed by atoms with Crippen molar-refractivity contribution in [2.75, 3.05) is 17.2 Å². The van der Waals surface area contributed by atoms with Crippen LogP contribution in [-0.4, -0.2) is 17.4 Å². The molecule has 0 aliphatic rings. The molecule has 0 atom stereocenters. The first kappa shape index (κ1) is 15.3. The Labute approximate surface area is 127 Å². The smallest absolute Gasteiger partial charge is 0.258 e. The number of carbonyl (C=O) groups is 1. The molecule has 0 aliphatic carbocycles. The van der Waals surface area contributed by atoms with Gasteiger partial charge in [-0.1, -0.05) is 17.7 Å². The van der Waals surface area contributed by atoms with E-state index in [0.29, 0.717) is 17.3 Å². The number of nitrogens with zero attached hydrogens (tertiary/aromatic N) is 1. The average Bonchev–Trinajstić information content (AvgIpc) is 2.45. The third-order valence-corrected chi connectivity index (χ3v) is 3.16. The van der Waals surface area contributed by atoms with Crippen molar-refractivity contribution < 1.29 is 9.18 Å². The second kappa shape index (κ2) is 6.54. The third-order valence-electron chi connectivity index (χ3n) is 2.93. The van der Waals surface area contributed by atoms with Crippen LogP contribution in [0.4, 0.5) is 15.9 Å². The Morgan fingerprint density at radius 1 is 1.38 bits per heavy atom. The summed E-state index contributed by atoms with van der Waals surface area (Å²) in [6.45, 7) is 4.17. The Kier molecular flexibility index (Phi) is 4.75. The summed E-state index contributed by atoms with van der Waals surface area (Å²) in [6.07, 6.45) is 1.39. The molecule has 0 unspecified atom stereocenters. The summed E-state index contributed by atoms with van der Waals surface area (Å²) in [4.78, 5) is 16.1. The van der Waals surface area contributed by atoms with E-state index >= 15 is 0 Å². The van der Waals surface area contributed by atoms with Crippen molar-refractivity contribution in [3.05, 3.63) is 52.4 Å². The van der Waals surface area contributed by atoms with E-state index in [-0.39, 0.29) is 11.4 Å². The zero-order valence-electron chi connectivity index (χ0n) is 11.7. The summed E-state index contributed by atoms with van der Waals surface area (Å²) in [5.74, 6) is -1.15. The maximum atomic E-state index is 14.2. The third kappa shape index (κ3) is 3.49. The highest BCUT2D eigenvalue weighted by atomic mass is 35.5. The van der Waals surface area contributed by atoms with Crippen LogP contribution in [0.2, 0.25) is 5.02 Å². The van der Waals surface area contributed by atoms with Crippen molar-refractivity contribution in [1.29, 1.82) is 0 Å². The first-order valence-electron chi connectivity index (χ1n) is 6.48. The van der Waals surface area contributed by atoms with Gasteiger partial charge in [-0.2, -0.15) is 0 Å². The van der Waals surface area contributed by atoms with Gasteiger partial charge in [-0.25, -0.2) is 9.37 Å². The zero-order chi connectivity index (χ0) is 15.4. The molecular weight excluding hydrogens is 293 g/mol. The Balaban J connectivity index is 2.28. The molecule has 21 heavy (non-hydrogen) atoms. The molecular formula is C15H15ClFN3O. The molecule has 2 rings (SSSR count). The minimum absolute atomic E-state index is 0.0629. The maximum Gasteiger partial charge on any atom is 0.258 e. The highest BCUT2D eigenvalue weighted by molar-refractivity contribution is 6.31. The van der Waals surface area contributed by atoms with Crippen LogP contribution in [0.1, 0.15) is 22.8 Å². The topological polar surface area (TPSA) is 54.0 Å². The summed E-state index contributed by atoms with van der Waals surface area (Å²) < 4.78 is 14.2. The van der Waals surface area contributed by atoms with Crippen LogP contribution in [0.15, 0.2) is 30.5 Å². The van der Waals surface area contributed by atoms with Gasteiger partial charge in [0.25, 0.3) is 5.91 Å². The van der Waals surface area contributed by atoms with E-state index in [4.69, 9.17) is 11.6 Å². The summed E-state index contributed by atoms with van der Waals surface area (Å²) in [5, 5.41) is 5.93. The molecule has 0 fully saturated rings. The number of carbonyl (C=O) groups excluding carboxylic acids is 1. The molecule has 1 heterocycles. The van der Waals surface area contributed by atoms with Gasteiger partial charge < -0.3 is 10.6 Å². The lowest BCUT2D eigenvalue weighted by Crippen LogP contribution is -2.16. The van der Waals surface area contributed by atoms with Crippen LogP contribution < -0.4 is 10.6 Å². The molecule has 0 bridgehead atoms. The molecule has 0 spiro atoms. The lowest BCUT2D eigenvalue weighted by molar-refractivity contribution is 0.102. The van der Waals surface area contributed by atoms with Crippen LogP contribution in [0.3, 0.4) is 0 Å². The van der Waals surface area contributed by atoms with Crippen molar-refractivity contribution >= 4 is 29.0 Å². The van der Waals surface area contributed by atoms with Gasteiger partial charge in [0, 0.05) is 23.5 Å². The summed E-state index contributed by atoms with van der Waals surface area (Å²) in [5.41, 5.74) is 1.32. The minimum Gasteiger partial charge on any atom is -0.368 e. The molecule has 0 radical (unpaired) electrons. The predicted octanol–water partition coefficient (Wildman–Crippen LogP) is 3.87. The number of rotatable bonds is 4. The van der Waals surface area contributed by atoms with Gasteiger partial charge in [-0.05, 0) is 37.6 Å². The van der Waals surface area contributed by atoms with Gasteiger partial charge in [0.05, 0.1) is 5.56 Å². The SMILES string of the molecule is CCNc1nccc(C(=O)Nc2cc(Cl)ccc2C)c1F. The molecule has 6 heteroatoms. The van der Waals surface area contributed by atoms with Crippen molar-refractivity contribution in [2.45, 2.75) is 13.8 Å². The number of hydrogen-bond donors (Lipinski definition) is 2. The molecule has 0 saturated carbocycles. The molecule has 4 nitrogen and oxygen atoms in total. The first-order valence-corrected chi connectivity index (χ1v) is 6.86. The molecule has 2 aromatic rings. The van der Waals surface area contributed by atoms with E-state index in [0.717, 1.165) is 5.56 Å². The van der Waals surface area contributed by atoms with Crippen molar-refractivity contribution in [3.8, 4) is 0 Å². The Morgan fingerprint density at radius 2 is 2.14 bits per heavy atom. The number of anilines is 2. The normalized spacial score (nSPS) is 10.3. The van der Waals surface area contributed by atoms with Gasteiger partial charge >= 0.3 is 0 Å². The van der Waals surface area contributed by atoms with Crippen molar-refractivity contribution in [1.82, 2.24) is 4.98 Å².